The maximum Gasteiger partial charge on any atom is 0.430 e. The molecule has 1 saturated heterocycles. The number of halogens is 9. The fourth-order valence-electron chi connectivity index (χ4n) is 3.95. The van der Waals surface area contributed by atoms with Crippen molar-refractivity contribution in [3.8, 4) is 11.3 Å². The molecule has 1 aliphatic rings. The van der Waals surface area contributed by atoms with Crippen molar-refractivity contribution in [2.75, 3.05) is 19.6 Å². The van der Waals surface area contributed by atoms with E-state index in [1.165, 1.54) is 18.7 Å². The molecule has 0 radical (unpaired) electrons. The van der Waals surface area contributed by atoms with E-state index in [4.69, 9.17) is 23.2 Å². The lowest BCUT2D eigenvalue weighted by atomic mass is 9.90. The summed E-state index contributed by atoms with van der Waals surface area (Å²) in [6, 6.07) is -0.174. The van der Waals surface area contributed by atoms with Crippen LogP contribution in [-0.2, 0) is 5.60 Å². The predicted molar refractivity (Wildman–Crippen MR) is 131 cm³/mol. The fraction of sp³-hybridized carbons (Fsp3) is 0.565. The van der Waals surface area contributed by atoms with Crippen molar-refractivity contribution in [1.29, 1.82) is 0 Å². The number of hydrogen-bond donors (Lipinski definition) is 3. The molecule has 18 heteroatoms. The quantitative estimate of drug-likeness (QED) is 0.389. The van der Waals surface area contributed by atoms with E-state index in [0.29, 0.717) is 10.9 Å². The molecule has 0 saturated carbocycles. The minimum atomic E-state index is -6.26. The van der Waals surface area contributed by atoms with Crippen LogP contribution < -0.4 is 5.32 Å². The molecule has 9 nitrogen and oxygen atoms in total. The molecule has 1 aliphatic heterocycles. The number of carbonyl (C=O) groups excluding carboxylic acids is 2. The first-order valence-electron chi connectivity index (χ1n) is 11.9. The monoisotopic (exact) mass is 637 g/mol. The van der Waals surface area contributed by atoms with Crippen LogP contribution in [0.25, 0.3) is 11.3 Å². The average Bonchev–Trinajstić information content (AvgIpc) is 3.28. The number of aliphatic hydroxyl groups is 2. The second-order valence-corrected chi connectivity index (χ2v) is 10.7. The molecule has 0 aliphatic carbocycles. The first-order chi connectivity index (χ1) is 18.7. The van der Waals surface area contributed by atoms with Gasteiger partial charge in [-0.15, -0.1) is 10.2 Å². The molecule has 1 aromatic carbocycles. The highest BCUT2D eigenvalue weighted by Gasteiger charge is 2.72. The summed E-state index contributed by atoms with van der Waals surface area (Å²) in [5.74, 6) is -0.874. The van der Waals surface area contributed by atoms with Crippen LogP contribution in [0.1, 0.15) is 49.2 Å². The molecule has 3 N–H and O–H groups in total. The molecule has 0 unspecified atom stereocenters. The van der Waals surface area contributed by atoms with E-state index in [2.05, 4.69) is 15.5 Å². The number of amides is 2. The second kappa shape index (κ2) is 11.5. The summed E-state index contributed by atoms with van der Waals surface area (Å²) in [6.45, 7) is 2.79. The number of benzene rings is 1. The van der Waals surface area contributed by atoms with Gasteiger partial charge in [-0.1, -0.05) is 40.1 Å². The molecular formula is C23H24Cl2F7N5O4. The highest BCUT2D eigenvalue weighted by Crippen LogP contribution is 2.53. The van der Waals surface area contributed by atoms with Gasteiger partial charge in [0.1, 0.15) is 11.9 Å². The maximum atomic E-state index is 13.6. The van der Waals surface area contributed by atoms with Crippen LogP contribution in [0.5, 0.6) is 0 Å². The van der Waals surface area contributed by atoms with E-state index in [1.54, 1.807) is 0 Å². The van der Waals surface area contributed by atoms with E-state index in [1.807, 2.05) is 0 Å². The van der Waals surface area contributed by atoms with Gasteiger partial charge in [0, 0.05) is 30.8 Å². The molecular weight excluding hydrogens is 614 g/mol. The Bertz CT molecular complexity index is 1290. The molecule has 1 fully saturated rings. The van der Waals surface area contributed by atoms with Gasteiger partial charge in [-0.25, -0.2) is 9.18 Å². The smallest absolute Gasteiger partial charge is 0.390 e. The summed E-state index contributed by atoms with van der Waals surface area (Å²) in [7, 11) is 0. The largest absolute Gasteiger partial charge is 0.430 e. The van der Waals surface area contributed by atoms with Crippen LogP contribution in [0.4, 0.5) is 35.5 Å². The predicted octanol–water partition coefficient (Wildman–Crippen LogP) is 4.86. The van der Waals surface area contributed by atoms with Gasteiger partial charge in [0.05, 0.1) is 15.6 Å². The zero-order valence-corrected chi connectivity index (χ0v) is 22.9. The molecule has 2 heterocycles. The summed E-state index contributed by atoms with van der Waals surface area (Å²) in [6.07, 6.45) is -13.6. The van der Waals surface area contributed by atoms with Crippen LogP contribution in [0.3, 0.4) is 0 Å². The zero-order valence-electron chi connectivity index (χ0n) is 21.4. The highest BCUT2D eigenvalue weighted by molar-refractivity contribution is 6.44. The molecule has 1 aromatic heterocycles. The van der Waals surface area contributed by atoms with Crippen LogP contribution >= 0.6 is 23.2 Å². The van der Waals surface area contributed by atoms with Crippen molar-refractivity contribution in [1.82, 2.24) is 25.2 Å². The third-order valence-corrected chi connectivity index (χ3v) is 7.15. The molecule has 0 spiro atoms. The third kappa shape index (κ3) is 6.70. The van der Waals surface area contributed by atoms with Gasteiger partial charge in [-0.2, -0.15) is 26.3 Å². The van der Waals surface area contributed by atoms with Gasteiger partial charge in [0.15, 0.2) is 5.69 Å². The number of hydrogen-bond acceptors (Lipinski definition) is 6. The van der Waals surface area contributed by atoms with Crippen LogP contribution in [-0.4, -0.2) is 85.8 Å². The Morgan fingerprint density at radius 1 is 1.00 bits per heavy atom. The molecule has 2 amide bonds. The number of carbonyl (C=O) groups is 2. The average molecular weight is 638 g/mol. The van der Waals surface area contributed by atoms with Crippen LogP contribution in [0.2, 0.25) is 10.0 Å². The van der Waals surface area contributed by atoms with Crippen molar-refractivity contribution in [3.05, 3.63) is 33.4 Å². The van der Waals surface area contributed by atoms with Gasteiger partial charge in [0.25, 0.3) is 11.5 Å². The van der Waals surface area contributed by atoms with Crippen molar-refractivity contribution in [2.24, 2.45) is 0 Å². The molecule has 3 rings (SSSR count). The topological polar surface area (TPSA) is 121 Å². The van der Waals surface area contributed by atoms with Gasteiger partial charge < -0.3 is 20.4 Å². The summed E-state index contributed by atoms with van der Waals surface area (Å²) >= 11 is 11.9. The van der Waals surface area contributed by atoms with Gasteiger partial charge in [-0.3, -0.25) is 4.79 Å². The van der Waals surface area contributed by atoms with E-state index in [0.717, 1.165) is 0 Å². The molecule has 2 aromatic rings. The Hall–Kier alpha value is -2.69. The van der Waals surface area contributed by atoms with Crippen LogP contribution in [0.15, 0.2) is 12.1 Å². The number of nitrogens with one attached hydrogen (secondary N) is 1. The maximum absolute atomic E-state index is 13.6. The lowest BCUT2D eigenvalue weighted by Gasteiger charge is -2.33. The first kappa shape index (κ1) is 32.8. The molecule has 0 atom stereocenters. The number of likely N-dealkylation sites (tertiary alicyclic amines) is 1. The van der Waals surface area contributed by atoms with E-state index in [9.17, 15) is 50.5 Å². The number of piperidine rings is 1. The summed E-state index contributed by atoms with van der Waals surface area (Å²) in [5.41, 5.74) is -9.97. The Balaban J connectivity index is 2.12. The summed E-state index contributed by atoms with van der Waals surface area (Å²) in [4.78, 5) is 27.5. The Morgan fingerprint density at radius 3 is 2.07 bits per heavy atom. The van der Waals surface area contributed by atoms with Gasteiger partial charge in [0.2, 0.25) is 0 Å². The molecule has 0 bridgehead atoms. The Kier molecular flexibility index (Phi) is 9.23. The van der Waals surface area contributed by atoms with Crippen LogP contribution in [0, 0.1) is 0 Å². The fourth-order valence-corrected chi connectivity index (χ4v) is 4.50. The van der Waals surface area contributed by atoms with Crippen molar-refractivity contribution < 1.29 is 50.5 Å². The Labute approximate surface area is 238 Å². The highest BCUT2D eigenvalue weighted by atomic mass is 35.5. The van der Waals surface area contributed by atoms with Gasteiger partial charge >= 0.3 is 18.4 Å². The summed E-state index contributed by atoms with van der Waals surface area (Å²) in [5, 5.41) is 27.4. The van der Waals surface area contributed by atoms with E-state index >= 15 is 0 Å². The van der Waals surface area contributed by atoms with Crippen molar-refractivity contribution in [3.63, 3.8) is 0 Å². The normalized spacial score (nSPS) is 15.8. The summed E-state index contributed by atoms with van der Waals surface area (Å²) < 4.78 is 94.4. The van der Waals surface area contributed by atoms with Crippen molar-refractivity contribution >= 4 is 35.1 Å². The van der Waals surface area contributed by atoms with Crippen molar-refractivity contribution in [2.45, 2.75) is 62.8 Å². The second-order valence-electron chi connectivity index (χ2n) is 9.94. The minimum Gasteiger partial charge on any atom is -0.390 e. The lowest BCUT2D eigenvalue weighted by Crippen LogP contribution is -2.54. The molecule has 41 heavy (non-hydrogen) atoms. The zero-order chi connectivity index (χ0) is 31.1. The number of alkyl halides is 7. The third-order valence-electron chi connectivity index (χ3n) is 6.27. The number of nitrogens with zero attached hydrogens (tertiary/aromatic N) is 4. The minimum absolute atomic E-state index is 0.0125. The number of aromatic nitrogens is 3. The lowest BCUT2D eigenvalue weighted by molar-refractivity contribution is -0.376. The van der Waals surface area contributed by atoms with E-state index in [-0.39, 0.29) is 45.0 Å². The van der Waals surface area contributed by atoms with E-state index < -0.39 is 74.2 Å². The SMILES string of the molecule is CC(C)(O)CCNC(=O)n1nc(C(=O)N2CCC(F)CC2)c(-c2ccc(C(O)(C(F)(F)F)C(F)(F)F)c(Cl)c2Cl)n1. The Morgan fingerprint density at radius 2 is 1.56 bits per heavy atom. The number of rotatable bonds is 6. The first-order valence-corrected chi connectivity index (χ1v) is 12.7. The molecule has 228 valence electrons. The standard InChI is InChI=1S/C23H24Cl2F7N5O4/c1-20(2,40)7-8-33-19(39)37-34-16(17(35-37)18(38)36-9-5-11(26)6-10-36)12-3-4-13(15(25)14(12)24)21(41,22(27,28)29)23(30,31)32/h3-4,11,40-41H,5-10H2,1-2H3,(H,33,39). The van der Waals surface area contributed by atoms with Gasteiger partial charge in [-0.05, 0) is 33.1 Å².